The molecule has 1 aliphatic heterocycles. The van der Waals surface area contributed by atoms with Crippen LogP contribution in [-0.2, 0) is 10.5 Å². The number of hydrogen-bond donors (Lipinski definition) is 1. The molecule has 1 fully saturated rings. The minimum absolute atomic E-state index is 0.0598. The molecule has 0 bridgehead atoms. The topological polar surface area (TPSA) is 93.6 Å². The number of nitrogens with zero attached hydrogens (tertiary/aromatic N) is 4. The fourth-order valence-corrected chi connectivity index (χ4v) is 5.97. The molecule has 37 heavy (non-hydrogen) atoms. The minimum Gasteiger partial charge on any atom is -0.369 e. The molecule has 6 rings (SSSR count). The van der Waals surface area contributed by atoms with Gasteiger partial charge >= 0.3 is 0 Å². The number of amides is 2. The number of hydrogen-bond acceptors (Lipinski definition) is 5. The number of carbonyl (C=O) groups excluding carboxylic acids is 2. The molecule has 1 aliphatic rings. The molecule has 9 heteroatoms. The predicted octanol–water partition coefficient (Wildman–Crippen LogP) is 5.32. The van der Waals surface area contributed by atoms with Crippen LogP contribution in [0.15, 0.2) is 71.9 Å². The van der Waals surface area contributed by atoms with E-state index in [1.54, 1.807) is 16.7 Å². The molecule has 0 aliphatic carbocycles. The van der Waals surface area contributed by atoms with Gasteiger partial charge in [-0.15, -0.1) is 0 Å². The molecule has 0 radical (unpaired) electrons. The average molecular weight is 530 g/mol. The number of rotatable bonds is 5. The van der Waals surface area contributed by atoms with Crippen molar-refractivity contribution in [3.05, 3.63) is 82.9 Å². The Kier molecular flexibility index (Phi) is 6.22. The zero-order chi connectivity index (χ0) is 25.5. The van der Waals surface area contributed by atoms with Gasteiger partial charge in [-0.05, 0) is 60.9 Å². The number of halogens is 1. The van der Waals surface area contributed by atoms with Crippen molar-refractivity contribution in [2.24, 2.45) is 11.7 Å². The summed E-state index contributed by atoms with van der Waals surface area (Å²) in [6.07, 6.45) is 1.19. The summed E-state index contributed by atoms with van der Waals surface area (Å²) in [4.78, 5) is 36.5. The third-order valence-electron chi connectivity index (χ3n) is 6.92. The first-order valence-electron chi connectivity index (χ1n) is 12.1. The van der Waals surface area contributed by atoms with Crippen molar-refractivity contribution in [2.75, 3.05) is 13.1 Å². The Morgan fingerprint density at radius 3 is 2.49 bits per heavy atom. The van der Waals surface area contributed by atoms with Crippen molar-refractivity contribution in [3.8, 4) is 0 Å². The highest BCUT2D eigenvalue weighted by atomic mass is 35.5. The number of fused-ring (bicyclic) bond motifs is 5. The summed E-state index contributed by atoms with van der Waals surface area (Å²) in [6.45, 7) is 1.04. The molecule has 0 saturated carbocycles. The second-order valence-electron chi connectivity index (χ2n) is 9.27. The highest BCUT2D eigenvalue weighted by Crippen LogP contribution is 2.31. The van der Waals surface area contributed by atoms with Crippen molar-refractivity contribution < 1.29 is 9.59 Å². The van der Waals surface area contributed by atoms with E-state index in [0.29, 0.717) is 42.3 Å². The highest BCUT2D eigenvalue weighted by Gasteiger charge is 2.27. The summed E-state index contributed by atoms with van der Waals surface area (Å²) in [5.74, 6) is 0.201. The van der Waals surface area contributed by atoms with E-state index in [9.17, 15) is 9.59 Å². The van der Waals surface area contributed by atoms with Crippen molar-refractivity contribution in [2.45, 2.75) is 23.8 Å². The summed E-state index contributed by atoms with van der Waals surface area (Å²) in [7, 11) is 0. The van der Waals surface area contributed by atoms with E-state index in [1.165, 1.54) is 0 Å². The first-order valence-corrected chi connectivity index (χ1v) is 13.5. The van der Waals surface area contributed by atoms with Gasteiger partial charge in [-0.25, -0.2) is 9.97 Å². The van der Waals surface area contributed by atoms with Gasteiger partial charge in [-0.3, -0.25) is 14.0 Å². The van der Waals surface area contributed by atoms with Crippen molar-refractivity contribution in [3.63, 3.8) is 0 Å². The molecule has 5 aromatic rings. The smallest absolute Gasteiger partial charge is 0.253 e. The highest BCUT2D eigenvalue weighted by molar-refractivity contribution is 7.98. The average Bonchev–Trinajstić information content (AvgIpc) is 3.32. The van der Waals surface area contributed by atoms with Gasteiger partial charge in [0.15, 0.2) is 5.16 Å². The second-order valence-corrected chi connectivity index (χ2v) is 10.6. The fraction of sp³-hybridized carbons (Fsp3) is 0.214. The quantitative estimate of drug-likeness (QED) is 0.246. The summed E-state index contributed by atoms with van der Waals surface area (Å²) in [6, 6.07) is 21.4. The van der Waals surface area contributed by atoms with Crippen LogP contribution in [0.4, 0.5) is 0 Å². The Bertz CT molecular complexity index is 1660. The van der Waals surface area contributed by atoms with Crippen LogP contribution < -0.4 is 5.73 Å². The predicted molar refractivity (Wildman–Crippen MR) is 147 cm³/mol. The lowest BCUT2D eigenvalue weighted by Gasteiger charge is -2.30. The number of para-hydroxylation sites is 2. The Balaban J connectivity index is 1.39. The zero-order valence-electron chi connectivity index (χ0n) is 19.9. The molecule has 0 spiro atoms. The van der Waals surface area contributed by atoms with E-state index in [4.69, 9.17) is 27.3 Å². The molecule has 7 nitrogen and oxygen atoms in total. The first-order chi connectivity index (χ1) is 18.0. The fourth-order valence-electron chi connectivity index (χ4n) is 4.87. The molecule has 3 heterocycles. The summed E-state index contributed by atoms with van der Waals surface area (Å²) < 4.78 is 2.09. The number of primary amides is 1. The monoisotopic (exact) mass is 529 g/mol. The van der Waals surface area contributed by atoms with E-state index < -0.39 is 0 Å². The lowest BCUT2D eigenvalue weighted by Crippen LogP contribution is -2.41. The van der Waals surface area contributed by atoms with Gasteiger partial charge in [0, 0.05) is 40.7 Å². The van der Waals surface area contributed by atoms with E-state index in [-0.39, 0.29) is 17.7 Å². The van der Waals surface area contributed by atoms with Crippen molar-refractivity contribution in [1.82, 2.24) is 19.3 Å². The lowest BCUT2D eigenvalue weighted by molar-refractivity contribution is -0.123. The van der Waals surface area contributed by atoms with Gasteiger partial charge in [0.2, 0.25) is 5.91 Å². The van der Waals surface area contributed by atoms with Gasteiger partial charge in [-0.1, -0.05) is 47.6 Å². The van der Waals surface area contributed by atoms with Gasteiger partial charge in [0.25, 0.3) is 5.91 Å². The Labute approximate surface area is 222 Å². The van der Waals surface area contributed by atoms with Crippen LogP contribution in [-0.4, -0.2) is 44.2 Å². The Hall–Kier alpha value is -3.62. The lowest BCUT2D eigenvalue weighted by atomic mass is 9.96. The third kappa shape index (κ3) is 4.51. The number of thioether (sulfide) groups is 1. The zero-order valence-corrected chi connectivity index (χ0v) is 21.5. The van der Waals surface area contributed by atoms with Crippen LogP contribution in [0.25, 0.3) is 27.6 Å². The van der Waals surface area contributed by atoms with Crippen LogP contribution in [0.1, 0.15) is 28.8 Å². The molecule has 1 saturated heterocycles. The molecule has 2 N–H and O–H groups in total. The van der Waals surface area contributed by atoms with E-state index in [2.05, 4.69) is 4.40 Å². The summed E-state index contributed by atoms with van der Waals surface area (Å²) >= 11 is 7.68. The normalized spacial score (nSPS) is 14.6. The van der Waals surface area contributed by atoms with Crippen LogP contribution >= 0.6 is 23.4 Å². The van der Waals surface area contributed by atoms with Gasteiger partial charge < -0.3 is 10.6 Å². The Morgan fingerprint density at radius 2 is 1.73 bits per heavy atom. The molecule has 0 atom stereocenters. The number of carbonyl (C=O) groups is 2. The maximum Gasteiger partial charge on any atom is 0.253 e. The van der Waals surface area contributed by atoms with Crippen molar-refractivity contribution in [1.29, 1.82) is 0 Å². The summed E-state index contributed by atoms with van der Waals surface area (Å²) in [5.41, 5.74) is 10.6. The van der Waals surface area contributed by atoms with Gasteiger partial charge in [0.1, 0.15) is 5.65 Å². The summed E-state index contributed by atoms with van der Waals surface area (Å²) in [5, 5.41) is 2.39. The number of piperidine rings is 1. The van der Waals surface area contributed by atoms with Crippen LogP contribution in [0.2, 0.25) is 5.02 Å². The molecule has 2 aromatic heterocycles. The minimum atomic E-state index is -0.290. The second kappa shape index (κ2) is 9.68. The van der Waals surface area contributed by atoms with E-state index >= 15 is 0 Å². The maximum absolute atomic E-state index is 13.3. The van der Waals surface area contributed by atoms with E-state index in [0.717, 1.165) is 38.3 Å². The van der Waals surface area contributed by atoms with Crippen molar-refractivity contribution >= 4 is 62.8 Å². The van der Waals surface area contributed by atoms with Gasteiger partial charge in [0.05, 0.1) is 16.6 Å². The molecule has 3 aromatic carbocycles. The Morgan fingerprint density at radius 1 is 0.973 bits per heavy atom. The molecular formula is C28H24ClN5O2S. The third-order valence-corrected chi connectivity index (χ3v) is 8.18. The number of imidazole rings is 1. The molecule has 0 unspecified atom stereocenters. The maximum atomic E-state index is 13.3. The van der Waals surface area contributed by atoms with Crippen LogP contribution in [0, 0.1) is 5.92 Å². The number of nitrogens with two attached hydrogens (primary N) is 1. The molecule has 186 valence electrons. The number of benzene rings is 3. The largest absolute Gasteiger partial charge is 0.369 e. The van der Waals surface area contributed by atoms with Gasteiger partial charge in [-0.2, -0.15) is 0 Å². The molecular weight excluding hydrogens is 506 g/mol. The van der Waals surface area contributed by atoms with Crippen LogP contribution in [0.5, 0.6) is 0 Å². The van der Waals surface area contributed by atoms with E-state index in [1.807, 2.05) is 66.7 Å². The number of aromatic nitrogens is 3. The SMILES string of the molecule is NC(=O)C1CCN(C(=O)c2ccc3c(c2)nc(SCc2ccc(Cl)cc2)n2c4ccccc4nc32)CC1. The first kappa shape index (κ1) is 23.8. The standard InChI is InChI=1S/C28H24ClN5O2S/c29-20-8-5-17(6-9-20)16-37-28-32-23-15-19(27(36)33-13-11-18(12-14-33)25(30)35)7-10-21(23)26-31-22-3-1-2-4-24(22)34(26)28/h1-10,15,18H,11-14,16H2,(H2,30,35). The van der Waals surface area contributed by atoms with Crippen LogP contribution in [0.3, 0.4) is 0 Å². The number of likely N-dealkylation sites (tertiary alicyclic amines) is 1. The molecule has 2 amide bonds.